The highest BCUT2D eigenvalue weighted by Crippen LogP contribution is 2.21. The molecule has 8 heteroatoms. The third kappa shape index (κ3) is 3.78. The van der Waals surface area contributed by atoms with Crippen LogP contribution in [-0.2, 0) is 20.8 Å². The second-order valence-corrected chi connectivity index (χ2v) is 7.62. The normalized spacial score (nSPS) is 17.2. The Bertz CT molecular complexity index is 618. The number of aryl methyl sites for hydroxylation is 1. The first kappa shape index (κ1) is 16.3. The molecule has 1 aliphatic rings. The number of nitrogens with zero attached hydrogens (tertiary/aromatic N) is 2. The van der Waals surface area contributed by atoms with E-state index < -0.39 is 9.05 Å². The van der Waals surface area contributed by atoms with E-state index >= 15 is 0 Å². The van der Waals surface area contributed by atoms with Gasteiger partial charge in [-0.1, -0.05) is 0 Å². The zero-order valence-corrected chi connectivity index (χ0v) is 13.7. The van der Waals surface area contributed by atoms with Crippen molar-refractivity contribution in [1.29, 1.82) is 0 Å². The molecular weight excluding hydrogens is 316 g/mol. The molecule has 0 N–H and O–H groups in total. The zero-order chi connectivity index (χ0) is 15.6. The van der Waals surface area contributed by atoms with E-state index in [1.165, 1.54) is 16.8 Å². The summed E-state index contributed by atoms with van der Waals surface area (Å²) in [6.45, 7) is 3.85. The number of aromatic nitrogens is 1. The molecule has 1 amide bonds. The Labute approximate surface area is 129 Å². The highest BCUT2D eigenvalue weighted by molar-refractivity contribution is 8.13. The summed E-state index contributed by atoms with van der Waals surface area (Å²) < 4.78 is 29.7. The average Bonchev–Trinajstić information content (AvgIpc) is 2.81. The molecule has 0 saturated carbocycles. The summed E-state index contributed by atoms with van der Waals surface area (Å²) in [5.41, 5.74) is 0.323. The van der Waals surface area contributed by atoms with Crippen molar-refractivity contribution >= 4 is 25.6 Å². The second-order valence-electron chi connectivity index (χ2n) is 5.06. The molecule has 0 atom stereocenters. The van der Waals surface area contributed by atoms with Crippen LogP contribution in [0.15, 0.2) is 17.2 Å². The van der Waals surface area contributed by atoms with E-state index in [0.717, 1.165) is 12.8 Å². The topological polar surface area (TPSA) is 68.6 Å². The van der Waals surface area contributed by atoms with Crippen molar-refractivity contribution in [2.75, 3.05) is 19.7 Å². The number of halogens is 1. The minimum Gasteiger partial charge on any atom is -0.378 e. The van der Waals surface area contributed by atoms with Crippen molar-refractivity contribution < 1.29 is 17.9 Å². The van der Waals surface area contributed by atoms with E-state index in [-0.39, 0.29) is 16.9 Å². The number of carbonyl (C=O) groups is 1. The number of amides is 1. The number of hydrogen-bond acceptors (Lipinski definition) is 4. The molecule has 1 fully saturated rings. The summed E-state index contributed by atoms with van der Waals surface area (Å²) in [4.78, 5) is 14.1. The Hall–Kier alpha value is -1.05. The highest BCUT2D eigenvalue weighted by atomic mass is 35.7. The van der Waals surface area contributed by atoms with Crippen LogP contribution in [0.5, 0.6) is 0 Å². The lowest BCUT2D eigenvalue weighted by Gasteiger charge is -2.31. The van der Waals surface area contributed by atoms with Gasteiger partial charge in [0.2, 0.25) is 0 Å². The van der Waals surface area contributed by atoms with Gasteiger partial charge in [-0.05, 0) is 25.8 Å². The first-order valence-electron chi connectivity index (χ1n) is 6.84. The maximum atomic E-state index is 12.5. The summed E-state index contributed by atoms with van der Waals surface area (Å²) in [6, 6.07) is 1.32. The third-order valence-electron chi connectivity index (χ3n) is 3.61. The van der Waals surface area contributed by atoms with Gasteiger partial charge in [0.15, 0.2) is 0 Å². The Kier molecular flexibility index (Phi) is 4.95. The molecule has 118 valence electrons. The van der Waals surface area contributed by atoms with Crippen molar-refractivity contribution in [2.45, 2.75) is 30.8 Å². The molecule has 0 aromatic carbocycles. The van der Waals surface area contributed by atoms with E-state index in [4.69, 9.17) is 15.4 Å². The first-order valence-corrected chi connectivity index (χ1v) is 9.15. The second kappa shape index (κ2) is 6.37. The van der Waals surface area contributed by atoms with Gasteiger partial charge in [-0.15, -0.1) is 0 Å². The van der Waals surface area contributed by atoms with Crippen LogP contribution in [0.2, 0.25) is 0 Å². The van der Waals surface area contributed by atoms with Crippen LogP contribution >= 0.6 is 10.7 Å². The maximum Gasteiger partial charge on any atom is 0.270 e. The summed E-state index contributed by atoms with van der Waals surface area (Å²) >= 11 is 0. The van der Waals surface area contributed by atoms with Gasteiger partial charge in [0.1, 0.15) is 10.6 Å². The minimum atomic E-state index is -3.82. The lowest BCUT2D eigenvalue weighted by atomic mass is 10.1. The molecule has 1 aromatic heterocycles. The molecule has 1 saturated heterocycles. The van der Waals surface area contributed by atoms with Crippen LogP contribution < -0.4 is 0 Å². The maximum absolute atomic E-state index is 12.5. The molecule has 0 spiro atoms. The fourth-order valence-electron chi connectivity index (χ4n) is 2.50. The van der Waals surface area contributed by atoms with Gasteiger partial charge in [-0.3, -0.25) is 4.79 Å². The molecule has 1 aromatic rings. The Balaban J connectivity index is 2.10. The molecule has 21 heavy (non-hydrogen) atoms. The Morgan fingerprint density at radius 1 is 1.43 bits per heavy atom. The molecule has 2 rings (SSSR count). The van der Waals surface area contributed by atoms with Gasteiger partial charge < -0.3 is 14.2 Å². The van der Waals surface area contributed by atoms with Crippen molar-refractivity contribution in [3.8, 4) is 0 Å². The number of hydrogen-bond donors (Lipinski definition) is 0. The average molecular weight is 335 g/mol. The quantitative estimate of drug-likeness (QED) is 0.784. The smallest absolute Gasteiger partial charge is 0.270 e. The van der Waals surface area contributed by atoms with E-state index in [2.05, 4.69) is 0 Å². The molecule has 1 aliphatic heterocycles. The largest absolute Gasteiger partial charge is 0.378 e. The summed E-state index contributed by atoms with van der Waals surface area (Å²) in [5, 5.41) is 0. The highest BCUT2D eigenvalue weighted by Gasteiger charge is 2.26. The van der Waals surface area contributed by atoms with E-state index in [9.17, 15) is 13.2 Å². The van der Waals surface area contributed by atoms with Gasteiger partial charge in [0, 0.05) is 43.6 Å². The molecule has 0 bridgehead atoms. The van der Waals surface area contributed by atoms with Crippen LogP contribution in [-0.4, -0.2) is 49.6 Å². The van der Waals surface area contributed by atoms with Crippen molar-refractivity contribution in [2.24, 2.45) is 7.05 Å². The van der Waals surface area contributed by atoms with Crippen LogP contribution in [0.1, 0.15) is 30.3 Å². The number of likely N-dealkylation sites (tertiary alicyclic amines) is 1. The Morgan fingerprint density at radius 3 is 2.52 bits per heavy atom. The number of rotatable bonds is 4. The standard InChI is InChI=1S/C13H19ClN2O4S/c1-3-20-10-4-6-16(7-5-10)13(17)12-8-11(9-15(12)2)21(14,18)19/h8-10H,3-7H2,1-2H3. The monoisotopic (exact) mass is 334 g/mol. The molecule has 0 unspecified atom stereocenters. The fraction of sp³-hybridized carbons (Fsp3) is 0.615. The predicted octanol–water partition coefficient (Wildman–Crippen LogP) is 1.59. The fourth-order valence-corrected chi connectivity index (χ4v) is 3.29. The van der Waals surface area contributed by atoms with Crippen LogP contribution in [0.25, 0.3) is 0 Å². The summed E-state index contributed by atoms with van der Waals surface area (Å²) in [6.07, 6.45) is 3.14. The van der Waals surface area contributed by atoms with E-state index in [0.29, 0.717) is 25.4 Å². The number of carbonyl (C=O) groups excluding carboxylic acids is 1. The lowest BCUT2D eigenvalue weighted by Crippen LogP contribution is -2.41. The molecule has 6 nitrogen and oxygen atoms in total. The van der Waals surface area contributed by atoms with Crippen molar-refractivity contribution in [3.63, 3.8) is 0 Å². The SMILES string of the molecule is CCOC1CCN(C(=O)c2cc(S(=O)(=O)Cl)cn2C)CC1. The van der Waals surface area contributed by atoms with Crippen LogP contribution in [0.4, 0.5) is 0 Å². The predicted molar refractivity (Wildman–Crippen MR) is 79.0 cm³/mol. The van der Waals surface area contributed by atoms with Gasteiger partial charge in [-0.2, -0.15) is 0 Å². The zero-order valence-electron chi connectivity index (χ0n) is 12.1. The first-order chi connectivity index (χ1) is 9.82. The molecule has 2 heterocycles. The van der Waals surface area contributed by atoms with Gasteiger partial charge in [0.25, 0.3) is 15.0 Å². The molecular formula is C13H19ClN2O4S. The van der Waals surface area contributed by atoms with Crippen molar-refractivity contribution in [1.82, 2.24) is 9.47 Å². The Morgan fingerprint density at radius 2 is 2.05 bits per heavy atom. The lowest BCUT2D eigenvalue weighted by molar-refractivity contribution is 0.0143. The number of piperidine rings is 1. The van der Waals surface area contributed by atoms with E-state index in [1.807, 2.05) is 6.92 Å². The van der Waals surface area contributed by atoms with Gasteiger partial charge in [-0.25, -0.2) is 8.42 Å². The van der Waals surface area contributed by atoms with Crippen LogP contribution in [0.3, 0.4) is 0 Å². The summed E-state index contributed by atoms with van der Waals surface area (Å²) in [7, 11) is 3.11. The van der Waals surface area contributed by atoms with Gasteiger partial charge in [0.05, 0.1) is 6.10 Å². The molecule has 0 aliphatic carbocycles. The van der Waals surface area contributed by atoms with E-state index in [1.54, 1.807) is 11.9 Å². The summed E-state index contributed by atoms with van der Waals surface area (Å²) in [5.74, 6) is -0.181. The van der Waals surface area contributed by atoms with Gasteiger partial charge >= 0.3 is 0 Å². The molecule has 0 radical (unpaired) electrons. The number of ether oxygens (including phenoxy) is 1. The van der Waals surface area contributed by atoms with Crippen LogP contribution in [0, 0.1) is 0 Å². The third-order valence-corrected chi connectivity index (χ3v) is 4.93. The minimum absolute atomic E-state index is 0.0563. The van der Waals surface area contributed by atoms with Crippen molar-refractivity contribution in [3.05, 3.63) is 18.0 Å².